The molecule has 4 aromatic rings. The molecule has 6 rings (SSSR count). The molecule has 0 spiro atoms. The second kappa shape index (κ2) is 9.10. The molecule has 4 N–H and O–H groups in total. The zero-order chi connectivity index (χ0) is 23.9. The first-order valence-electron chi connectivity index (χ1n) is 12.9. The topological polar surface area (TPSA) is 81.4 Å². The lowest BCUT2D eigenvalue weighted by Gasteiger charge is -2.10. The van der Waals surface area contributed by atoms with E-state index in [1.807, 2.05) is 12.4 Å². The molecule has 0 amide bonds. The molecule has 2 aliphatic rings. The molecule has 6 nitrogen and oxygen atoms in total. The van der Waals surface area contributed by atoms with Gasteiger partial charge in [-0.3, -0.25) is 0 Å². The van der Waals surface area contributed by atoms with Crippen LogP contribution in [0.1, 0.15) is 68.8 Å². The Hall–Kier alpha value is -3.22. The number of nitrogens with zero attached hydrogens (tertiary/aromatic N) is 2. The van der Waals surface area contributed by atoms with Gasteiger partial charge in [-0.25, -0.2) is 9.97 Å². The van der Waals surface area contributed by atoms with E-state index in [9.17, 15) is 0 Å². The molecular weight excluding hydrogens is 432 g/mol. The molecular formula is C29H34N6. The summed E-state index contributed by atoms with van der Waals surface area (Å²) in [6.07, 6.45) is 8.73. The van der Waals surface area contributed by atoms with Gasteiger partial charge in [-0.2, -0.15) is 0 Å². The van der Waals surface area contributed by atoms with E-state index >= 15 is 0 Å². The minimum absolute atomic E-state index is 0.334. The zero-order valence-electron chi connectivity index (χ0n) is 20.7. The maximum Gasteiger partial charge on any atom is 0.124 e. The smallest absolute Gasteiger partial charge is 0.124 e. The van der Waals surface area contributed by atoms with Gasteiger partial charge in [-0.1, -0.05) is 36.4 Å². The van der Waals surface area contributed by atoms with Crippen LogP contribution in [0.25, 0.3) is 33.6 Å². The number of hydrogen-bond donors (Lipinski definition) is 4. The summed E-state index contributed by atoms with van der Waals surface area (Å²) < 4.78 is 0. The van der Waals surface area contributed by atoms with E-state index in [0.29, 0.717) is 24.2 Å². The molecule has 0 saturated carbocycles. The first-order valence-corrected chi connectivity index (χ1v) is 12.9. The molecule has 35 heavy (non-hydrogen) atoms. The minimum atomic E-state index is 0.334. The monoisotopic (exact) mass is 466 g/mol. The van der Waals surface area contributed by atoms with Crippen molar-refractivity contribution >= 4 is 0 Å². The van der Waals surface area contributed by atoms with Crippen LogP contribution in [-0.2, 0) is 0 Å². The van der Waals surface area contributed by atoms with Crippen LogP contribution >= 0.6 is 0 Å². The molecule has 0 unspecified atom stereocenters. The summed E-state index contributed by atoms with van der Waals surface area (Å²) in [6, 6.07) is 17.1. The fraction of sp³-hybridized carbons (Fsp3) is 0.379. The van der Waals surface area contributed by atoms with Gasteiger partial charge >= 0.3 is 0 Å². The van der Waals surface area contributed by atoms with E-state index in [0.717, 1.165) is 47.0 Å². The van der Waals surface area contributed by atoms with Crippen LogP contribution < -0.4 is 10.6 Å². The first-order chi connectivity index (χ1) is 17.0. The Labute approximate surface area is 207 Å². The average Bonchev–Trinajstić information content (AvgIpc) is 3.66. The first kappa shape index (κ1) is 22.3. The van der Waals surface area contributed by atoms with Gasteiger partial charge in [-0.15, -0.1) is 0 Å². The Balaban J connectivity index is 1.18. The largest absolute Gasteiger partial charge is 0.347 e. The number of rotatable bonds is 5. The van der Waals surface area contributed by atoms with E-state index in [2.05, 4.69) is 83.8 Å². The molecule has 2 aromatic carbocycles. The number of nitrogens with one attached hydrogen (secondary N) is 4. The second-order valence-corrected chi connectivity index (χ2v) is 10.3. The number of aromatic nitrogens is 4. The van der Waals surface area contributed by atoms with Crippen molar-refractivity contribution in [3.63, 3.8) is 0 Å². The Kier molecular flexibility index (Phi) is 5.78. The SMILES string of the molecule is Cc1cc(-c2c[nH]c([C@@H]3CC[C@H](C)N3)n2)ccc1-c1ccc(-c2c[nH]c([C@@H]3CC[C@H](C)N3)n2)cc1. The van der Waals surface area contributed by atoms with Crippen molar-refractivity contribution in [3.05, 3.63) is 72.1 Å². The van der Waals surface area contributed by atoms with Crippen LogP contribution in [0.2, 0.25) is 0 Å². The van der Waals surface area contributed by atoms with Crippen molar-refractivity contribution in [2.45, 2.75) is 70.6 Å². The van der Waals surface area contributed by atoms with Crippen molar-refractivity contribution in [2.75, 3.05) is 0 Å². The maximum atomic E-state index is 4.89. The number of benzene rings is 2. The molecule has 6 heteroatoms. The summed E-state index contributed by atoms with van der Waals surface area (Å²) in [6.45, 7) is 6.65. The van der Waals surface area contributed by atoms with Crippen molar-refractivity contribution in [2.24, 2.45) is 0 Å². The third-order valence-electron chi connectivity index (χ3n) is 7.62. The fourth-order valence-corrected chi connectivity index (χ4v) is 5.58. The Bertz CT molecular complexity index is 1320. The van der Waals surface area contributed by atoms with Gasteiger partial charge in [0, 0.05) is 35.6 Å². The highest BCUT2D eigenvalue weighted by Crippen LogP contribution is 2.32. The molecule has 4 heterocycles. The number of H-pyrrole nitrogens is 2. The molecule has 2 aliphatic heterocycles. The van der Waals surface area contributed by atoms with E-state index in [4.69, 9.17) is 9.97 Å². The van der Waals surface area contributed by atoms with Gasteiger partial charge in [0.15, 0.2) is 0 Å². The number of imidazole rings is 2. The van der Waals surface area contributed by atoms with Crippen LogP contribution in [0.4, 0.5) is 0 Å². The third kappa shape index (κ3) is 4.44. The predicted molar refractivity (Wildman–Crippen MR) is 141 cm³/mol. The predicted octanol–water partition coefficient (Wildman–Crippen LogP) is 6.07. The molecule has 0 bridgehead atoms. The summed E-state index contributed by atoms with van der Waals surface area (Å²) in [5, 5.41) is 7.21. The van der Waals surface area contributed by atoms with Gasteiger partial charge in [-0.05, 0) is 69.2 Å². The molecule has 180 valence electrons. The normalized spacial score (nSPS) is 24.3. The van der Waals surface area contributed by atoms with Gasteiger partial charge < -0.3 is 20.6 Å². The Morgan fingerprint density at radius 2 is 1.17 bits per heavy atom. The van der Waals surface area contributed by atoms with Crippen LogP contribution in [0, 0.1) is 6.92 Å². The molecule has 2 aromatic heterocycles. The van der Waals surface area contributed by atoms with Crippen molar-refractivity contribution in [3.8, 4) is 33.6 Å². The molecule has 0 radical (unpaired) electrons. The van der Waals surface area contributed by atoms with E-state index in [1.165, 1.54) is 29.5 Å². The van der Waals surface area contributed by atoms with E-state index < -0.39 is 0 Å². The Morgan fingerprint density at radius 1 is 0.657 bits per heavy atom. The lowest BCUT2D eigenvalue weighted by atomic mass is 9.96. The summed E-state index contributed by atoms with van der Waals surface area (Å²) in [7, 11) is 0. The van der Waals surface area contributed by atoms with Crippen LogP contribution in [0.15, 0.2) is 54.9 Å². The van der Waals surface area contributed by atoms with Gasteiger partial charge in [0.05, 0.1) is 23.5 Å². The second-order valence-electron chi connectivity index (χ2n) is 10.3. The molecule has 0 aliphatic carbocycles. The standard InChI is InChI=1S/C29H34N6/c1-17-14-22(27-16-31-29(35-27)25-13-5-19(3)33-25)10-11-23(17)20-6-8-21(9-7-20)26-15-30-28(34-26)24-12-4-18(2)32-24/h6-11,14-16,18-19,24-25,32-33H,4-5,12-13H2,1-3H3,(H,30,34)(H,31,35)/t18-,19-,24-,25-/m0/s1. The van der Waals surface area contributed by atoms with Gasteiger partial charge in [0.25, 0.3) is 0 Å². The lowest BCUT2D eigenvalue weighted by molar-refractivity contribution is 0.564. The minimum Gasteiger partial charge on any atom is -0.347 e. The van der Waals surface area contributed by atoms with E-state index in [-0.39, 0.29) is 0 Å². The number of aryl methyl sites for hydroxylation is 1. The van der Waals surface area contributed by atoms with E-state index in [1.54, 1.807) is 0 Å². The van der Waals surface area contributed by atoms with Crippen LogP contribution in [-0.4, -0.2) is 32.0 Å². The lowest BCUT2D eigenvalue weighted by Crippen LogP contribution is -2.21. The molecule has 4 atom stereocenters. The van der Waals surface area contributed by atoms with Gasteiger partial charge in [0.1, 0.15) is 11.6 Å². The van der Waals surface area contributed by atoms with Crippen molar-refractivity contribution in [1.82, 2.24) is 30.6 Å². The highest BCUT2D eigenvalue weighted by molar-refractivity contribution is 5.74. The summed E-state index contributed by atoms with van der Waals surface area (Å²) in [5.74, 6) is 2.08. The summed E-state index contributed by atoms with van der Waals surface area (Å²) >= 11 is 0. The zero-order valence-corrected chi connectivity index (χ0v) is 20.7. The maximum absolute atomic E-state index is 4.89. The average molecular weight is 467 g/mol. The Morgan fingerprint density at radius 3 is 1.69 bits per heavy atom. The summed E-state index contributed by atoms with van der Waals surface area (Å²) in [4.78, 5) is 16.5. The van der Waals surface area contributed by atoms with Crippen molar-refractivity contribution in [1.29, 1.82) is 0 Å². The molecule has 2 fully saturated rings. The van der Waals surface area contributed by atoms with Gasteiger partial charge in [0.2, 0.25) is 0 Å². The van der Waals surface area contributed by atoms with Crippen LogP contribution in [0.3, 0.4) is 0 Å². The number of aromatic amines is 2. The fourth-order valence-electron chi connectivity index (χ4n) is 5.58. The highest BCUT2D eigenvalue weighted by Gasteiger charge is 2.25. The summed E-state index contributed by atoms with van der Waals surface area (Å²) in [5.41, 5.74) is 8.00. The van der Waals surface area contributed by atoms with Crippen LogP contribution in [0.5, 0.6) is 0 Å². The van der Waals surface area contributed by atoms with Crippen molar-refractivity contribution < 1.29 is 0 Å². The highest BCUT2D eigenvalue weighted by atomic mass is 15.1. The molecule has 2 saturated heterocycles. The quantitative estimate of drug-likeness (QED) is 0.288. The number of hydrogen-bond acceptors (Lipinski definition) is 4. The third-order valence-corrected chi connectivity index (χ3v) is 7.62.